The second-order valence-electron chi connectivity index (χ2n) is 5.87. The standard InChI is InChI=1S/C14H27F3N2O/c1-3-12-4-6-13(10-18,7-5-12)19(2)8-9-20-11-14(15,16)17/h12H,3-11,18H2,1-2H3. The van der Waals surface area contributed by atoms with Gasteiger partial charge < -0.3 is 10.5 Å². The third kappa shape index (κ3) is 5.22. The first-order valence-electron chi connectivity index (χ1n) is 7.39. The number of nitrogens with two attached hydrogens (primary N) is 1. The van der Waals surface area contributed by atoms with Gasteiger partial charge in [-0.2, -0.15) is 13.2 Å². The fourth-order valence-corrected chi connectivity index (χ4v) is 2.99. The summed E-state index contributed by atoms with van der Waals surface area (Å²) in [6.07, 6.45) is 1.31. The summed E-state index contributed by atoms with van der Waals surface area (Å²) in [5, 5.41) is 0. The Labute approximate surface area is 119 Å². The largest absolute Gasteiger partial charge is 0.411 e. The number of rotatable bonds is 7. The zero-order valence-electron chi connectivity index (χ0n) is 12.5. The van der Waals surface area contributed by atoms with Crippen molar-refractivity contribution in [2.24, 2.45) is 11.7 Å². The van der Waals surface area contributed by atoms with Gasteiger partial charge in [0.05, 0.1) is 6.61 Å². The molecule has 1 fully saturated rings. The molecule has 0 aromatic rings. The third-order valence-corrected chi connectivity index (χ3v) is 4.64. The van der Waals surface area contributed by atoms with Crippen molar-refractivity contribution >= 4 is 0 Å². The molecule has 1 saturated carbocycles. The van der Waals surface area contributed by atoms with Crippen LogP contribution in [-0.2, 0) is 4.74 Å². The van der Waals surface area contributed by atoms with Gasteiger partial charge in [0, 0.05) is 18.6 Å². The van der Waals surface area contributed by atoms with E-state index in [2.05, 4.69) is 16.6 Å². The predicted molar refractivity (Wildman–Crippen MR) is 73.5 cm³/mol. The molecule has 120 valence electrons. The van der Waals surface area contributed by atoms with E-state index in [1.54, 1.807) is 0 Å². The van der Waals surface area contributed by atoms with Crippen LogP contribution in [0.3, 0.4) is 0 Å². The van der Waals surface area contributed by atoms with Gasteiger partial charge in [0.1, 0.15) is 6.61 Å². The monoisotopic (exact) mass is 296 g/mol. The summed E-state index contributed by atoms with van der Waals surface area (Å²) in [5.74, 6) is 0.768. The summed E-state index contributed by atoms with van der Waals surface area (Å²) in [5.41, 5.74) is 5.87. The SMILES string of the molecule is CCC1CCC(CN)(N(C)CCOCC(F)(F)F)CC1. The Morgan fingerprint density at radius 3 is 2.35 bits per heavy atom. The topological polar surface area (TPSA) is 38.5 Å². The summed E-state index contributed by atoms with van der Waals surface area (Å²) in [4.78, 5) is 2.09. The van der Waals surface area contributed by atoms with Gasteiger partial charge in [-0.15, -0.1) is 0 Å². The second kappa shape index (κ2) is 7.61. The molecular weight excluding hydrogens is 269 g/mol. The normalized spacial score (nSPS) is 28.1. The van der Waals surface area contributed by atoms with Crippen molar-refractivity contribution < 1.29 is 17.9 Å². The zero-order chi connectivity index (χ0) is 15.2. The van der Waals surface area contributed by atoms with E-state index in [0.29, 0.717) is 13.1 Å². The fourth-order valence-electron chi connectivity index (χ4n) is 2.99. The van der Waals surface area contributed by atoms with Crippen molar-refractivity contribution in [3.8, 4) is 0 Å². The molecule has 2 N–H and O–H groups in total. The van der Waals surface area contributed by atoms with Crippen molar-refractivity contribution in [2.75, 3.05) is 33.4 Å². The van der Waals surface area contributed by atoms with E-state index in [4.69, 9.17) is 5.73 Å². The molecule has 1 rings (SSSR count). The van der Waals surface area contributed by atoms with Crippen LogP contribution < -0.4 is 5.73 Å². The van der Waals surface area contributed by atoms with E-state index < -0.39 is 12.8 Å². The molecule has 0 radical (unpaired) electrons. The van der Waals surface area contributed by atoms with Crippen LogP contribution in [0.15, 0.2) is 0 Å². The summed E-state index contributed by atoms with van der Waals surface area (Å²) in [6, 6.07) is 0. The lowest BCUT2D eigenvalue weighted by Crippen LogP contribution is -2.55. The molecule has 0 saturated heterocycles. The first-order valence-corrected chi connectivity index (χ1v) is 7.39. The highest BCUT2D eigenvalue weighted by atomic mass is 19.4. The zero-order valence-corrected chi connectivity index (χ0v) is 12.5. The van der Waals surface area contributed by atoms with E-state index in [-0.39, 0.29) is 12.1 Å². The van der Waals surface area contributed by atoms with Crippen LogP contribution in [0.5, 0.6) is 0 Å². The average molecular weight is 296 g/mol. The van der Waals surface area contributed by atoms with Crippen molar-refractivity contribution in [3.05, 3.63) is 0 Å². The number of nitrogens with zero attached hydrogens (tertiary/aromatic N) is 1. The molecule has 0 amide bonds. The van der Waals surface area contributed by atoms with Gasteiger partial charge >= 0.3 is 6.18 Å². The van der Waals surface area contributed by atoms with Gasteiger partial charge in [-0.25, -0.2) is 0 Å². The highest BCUT2D eigenvalue weighted by Crippen LogP contribution is 2.36. The summed E-state index contributed by atoms with van der Waals surface area (Å²) < 4.78 is 40.7. The molecule has 6 heteroatoms. The van der Waals surface area contributed by atoms with Crippen LogP contribution in [0.2, 0.25) is 0 Å². The van der Waals surface area contributed by atoms with Crippen LogP contribution >= 0.6 is 0 Å². The van der Waals surface area contributed by atoms with Gasteiger partial charge in [-0.1, -0.05) is 13.3 Å². The Morgan fingerprint density at radius 2 is 1.90 bits per heavy atom. The lowest BCUT2D eigenvalue weighted by Gasteiger charge is -2.46. The summed E-state index contributed by atoms with van der Waals surface area (Å²) in [7, 11) is 1.94. The van der Waals surface area contributed by atoms with E-state index in [1.165, 1.54) is 6.42 Å². The molecule has 20 heavy (non-hydrogen) atoms. The Kier molecular flexibility index (Phi) is 6.75. The Bertz CT molecular complexity index is 276. The molecule has 0 aliphatic heterocycles. The number of hydrogen-bond donors (Lipinski definition) is 1. The molecule has 3 nitrogen and oxygen atoms in total. The maximum absolute atomic E-state index is 12.0. The molecule has 0 spiro atoms. The lowest BCUT2D eigenvalue weighted by molar-refractivity contribution is -0.175. The van der Waals surface area contributed by atoms with Gasteiger partial charge in [0.25, 0.3) is 0 Å². The summed E-state index contributed by atoms with van der Waals surface area (Å²) >= 11 is 0. The minimum atomic E-state index is -4.25. The minimum Gasteiger partial charge on any atom is -0.371 e. The van der Waals surface area contributed by atoms with Gasteiger partial charge in [-0.05, 0) is 38.6 Å². The molecule has 1 aliphatic carbocycles. The molecule has 0 bridgehead atoms. The van der Waals surface area contributed by atoms with E-state index in [0.717, 1.165) is 31.6 Å². The fraction of sp³-hybridized carbons (Fsp3) is 1.00. The van der Waals surface area contributed by atoms with Gasteiger partial charge in [-0.3, -0.25) is 4.90 Å². The summed E-state index contributed by atoms with van der Waals surface area (Å²) in [6.45, 7) is 2.17. The van der Waals surface area contributed by atoms with Crippen molar-refractivity contribution in [3.63, 3.8) is 0 Å². The number of alkyl halides is 3. The van der Waals surface area contributed by atoms with E-state index >= 15 is 0 Å². The Hall–Kier alpha value is -0.330. The van der Waals surface area contributed by atoms with Gasteiger partial charge in [0.15, 0.2) is 0 Å². The Balaban J connectivity index is 2.37. The lowest BCUT2D eigenvalue weighted by atomic mass is 9.75. The molecule has 0 atom stereocenters. The van der Waals surface area contributed by atoms with Crippen molar-refractivity contribution in [1.29, 1.82) is 0 Å². The Morgan fingerprint density at radius 1 is 1.30 bits per heavy atom. The van der Waals surface area contributed by atoms with Crippen LogP contribution in [0.1, 0.15) is 39.0 Å². The maximum Gasteiger partial charge on any atom is 0.411 e. The third-order valence-electron chi connectivity index (χ3n) is 4.64. The quantitative estimate of drug-likeness (QED) is 0.734. The first-order chi connectivity index (χ1) is 9.33. The smallest absolute Gasteiger partial charge is 0.371 e. The molecule has 0 aromatic carbocycles. The first kappa shape index (κ1) is 17.7. The average Bonchev–Trinajstić information content (AvgIpc) is 2.42. The van der Waals surface area contributed by atoms with Crippen LogP contribution in [0, 0.1) is 5.92 Å². The highest BCUT2D eigenvalue weighted by molar-refractivity contribution is 4.94. The predicted octanol–water partition coefficient (Wildman–Crippen LogP) is 2.79. The highest BCUT2D eigenvalue weighted by Gasteiger charge is 2.37. The number of likely N-dealkylation sites (N-methyl/N-ethyl adjacent to an activating group) is 1. The van der Waals surface area contributed by atoms with Gasteiger partial charge in [0.2, 0.25) is 0 Å². The molecular formula is C14H27F3N2O. The number of halogens is 3. The minimum absolute atomic E-state index is 0.0622. The second-order valence-corrected chi connectivity index (χ2v) is 5.87. The number of ether oxygens (including phenoxy) is 1. The van der Waals surface area contributed by atoms with Crippen LogP contribution in [0.4, 0.5) is 13.2 Å². The molecule has 0 heterocycles. The van der Waals surface area contributed by atoms with Crippen molar-refractivity contribution in [1.82, 2.24) is 4.90 Å². The van der Waals surface area contributed by atoms with Crippen LogP contribution in [-0.4, -0.2) is 50.0 Å². The molecule has 1 aliphatic rings. The molecule has 0 aromatic heterocycles. The van der Waals surface area contributed by atoms with Crippen molar-refractivity contribution in [2.45, 2.75) is 50.7 Å². The van der Waals surface area contributed by atoms with E-state index in [1.807, 2.05) is 7.05 Å². The van der Waals surface area contributed by atoms with Crippen LogP contribution in [0.25, 0.3) is 0 Å². The number of hydrogen-bond acceptors (Lipinski definition) is 3. The molecule has 0 unspecified atom stereocenters. The van der Waals surface area contributed by atoms with E-state index in [9.17, 15) is 13.2 Å². The maximum atomic E-state index is 12.0.